The highest BCUT2D eigenvalue weighted by molar-refractivity contribution is 5.91. The highest BCUT2D eigenvalue weighted by Crippen LogP contribution is 2.28. The fourth-order valence-electron chi connectivity index (χ4n) is 2.75. The smallest absolute Gasteiger partial charge is 0.267 e. The second-order valence-electron chi connectivity index (χ2n) is 5.45. The van der Waals surface area contributed by atoms with Crippen molar-refractivity contribution in [2.45, 2.75) is 32.1 Å². The summed E-state index contributed by atoms with van der Waals surface area (Å²) in [5, 5.41) is 4.09. The summed E-state index contributed by atoms with van der Waals surface area (Å²) in [7, 11) is 0. The van der Waals surface area contributed by atoms with Crippen LogP contribution in [-0.4, -0.2) is 34.1 Å². The van der Waals surface area contributed by atoms with Crippen LogP contribution in [0.15, 0.2) is 22.9 Å². The van der Waals surface area contributed by atoms with E-state index in [0.29, 0.717) is 5.89 Å². The van der Waals surface area contributed by atoms with Gasteiger partial charge in [0.15, 0.2) is 5.82 Å². The zero-order valence-electron chi connectivity index (χ0n) is 12.5. The third-order valence-corrected chi connectivity index (χ3v) is 3.93. The van der Waals surface area contributed by atoms with Crippen molar-refractivity contribution in [3.8, 4) is 0 Å². The van der Waals surface area contributed by atoms with E-state index < -0.39 is 5.91 Å². The van der Waals surface area contributed by atoms with Gasteiger partial charge >= 0.3 is 0 Å². The summed E-state index contributed by atoms with van der Waals surface area (Å²) in [5.74, 6) is 1.17. The second kappa shape index (κ2) is 6.13. The Balaban J connectivity index is 1.78. The number of carbonyl (C=O) groups is 1. The molecule has 22 heavy (non-hydrogen) atoms. The van der Waals surface area contributed by atoms with Crippen molar-refractivity contribution in [1.29, 1.82) is 0 Å². The van der Waals surface area contributed by atoms with Gasteiger partial charge in [-0.3, -0.25) is 9.78 Å². The Kier molecular flexibility index (Phi) is 4.04. The molecule has 1 unspecified atom stereocenters. The number of primary amides is 1. The average molecular weight is 301 g/mol. The van der Waals surface area contributed by atoms with Crippen LogP contribution in [0.3, 0.4) is 0 Å². The molecule has 1 aliphatic heterocycles. The van der Waals surface area contributed by atoms with Crippen LogP contribution in [0, 0.1) is 0 Å². The van der Waals surface area contributed by atoms with Crippen molar-refractivity contribution >= 4 is 11.6 Å². The van der Waals surface area contributed by atoms with E-state index in [4.69, 9.17) is 10.3 Å². The maximum atomic E-state index is 11.3. The number of hydrogen-bond donors (Lipinski definition) is 1. The molecule has 2 aromatic heterocycles. The van der Waals surface area contributed by atoms with E-state index >= 15 is 0 Å². The Morgan fingerprint density at radius 2 is 2.41 bits per heavy atom. The monoisotopic (exact) mass is 301 g/mol. The number of rotatable bonds is 4. The van der Waals surface area contributed by atoms with Gasteiger partial charge in [0.05, 0.1) is 0 Å². The molecule has 116 valence electrons. The van der Waals surface area contributed by atoms with Gasteiger partial charge in [0.1, 0.15) is 5.69 Å². The van der Waals surface area contributed by atoms with Crippen LogP contribution in [0.4, 0.5) is 5.69 Å². The lowest BCUT2D eigenvalue weighted by atomic mass is 9.97. The fourth-order valence-corrected chi connectivity index (χ4v) is 2.75. The molecule has 1 saturated heterocycles. The van der Waals surface area contributed by atoms with Crippen LogP contribution in [0.2, 0.25) is 0 Å². The van der Waals surface area contributed by atoms with Gasteiger partial charge in [-0.1, -0.05) is 12.1 Å². The zero-order valence-corrected chi connectivity index (χ0v) is 12.5. The molecule has 3 rings (SSSR count). The normalized spacial score (nSPS) is 18.4. The van der Waals surface area contributed by atoms with Crippen LogP contribution in [0.1, 0.15) is 47.9 Å². The molecule has 0 aliphatic carbocycles. The maximum absolute atomic E-state index is 11.3. The number of aryl methyl sites for hydroxylation is 1. The van der Waals surface area contributed by atoms with E-state index in [1.807, 2.05) is 13.0 Å². The lowest BCUT2D eigenvalue weighted by molar-refractivity contribution is 0.0995. The number of anilines is 1. The van der Waals surface area contributed by atoms with Gasteiger partial charge < -0.3 is 15.2 Å². The summed E-state index contributed by atoms with van der Waals surface area (Å²) < 4.78 is 5.21. The standard InChI is InChI=1S/C15H19N5O2/c1-2-13-18-15(19-22-13)10-4-3-7-20(9-10)11-5-6-17-12(8-11)14(16)21/h5-6,8,10H,2-4,7,9H2,1H3,(H2,16,21). The number of amides is 1. The molecule has 1 atom stereocenters. The van der Waals surface area contributed by atoms with Crippen molar-refractivity contribution in [2.75, 3.05) is 18.0 Å². The van der Waals surface area contributed by atoms with Crippen molar-refractivity contribution in [1.82, 2.24) is 15.1 Å². The summed E-state index contributed by atoms with van der Waals surface area (Å²) in [5.41, 5.74) is 6.53. The van der Waals surface area contributed by atoms with Gasteiger partial charge in [-0.15, -0.1) is 0 Å². The molecule has 0 saturated carbocycles. The lowest BCUT2D eigenvalue weighted by Crippen LogP contribution is -2.35. The van der Waals surface area contributed by atoms with E-state index in [2.05, 4.69) is 20.0 Å². The average Bonchev–Trinajstić information content (AvgIpc) is 3.04. The number of nitrogens with zero attached hydrogens (tertiary/aromatic N) is 4. The number of nitrogens with two attached hydrogens (primary N) is 1. The number of hydrogen-bond acceptors (Lipinski definition) is 6. The number of carbonyl (C=O) groups excluding carboxylic acids is 1. The number of piperidine rings is 1. The Hall–Kier alpha value is -2.44. The molecule has 7 nitrogen and oxygen atoms in total. The summed E-state index contributed by atoms with van der Waals surface area (Å²) in [6.07, 6.45) is 4.43. The van der Waals surface area contributed by atoms with Crippen molar-refractivity contribution < 1.29 is 9.32 Å². The van der Waals surface area contributed by atoms with Crippen LogP contribution in [0.25, 0.3) is 0 Å². The first-order valence-corrected chi connectivity index (χ1v) is 7.50. The highest BCUT2D eigenvalue weighted by atomic mass is 16.5. The van der Waals surface area contributed by atoms with E-state index in [1.54, 1.807) is 12.3 Å². The van der Waals surface area contributed by atoms with Crippen LogP contribution in [-0.2, 0) is 6.42 Å². The van der Waals surface area contributed by atoms with Gasteiger partial charge in [0.25, 0.3) is 5.91 Å². The zero-order chi connectivity index (χ0) is 15.5. The molecule has 1 aliphatic rings. The third-order valence-electron chi connectivity index (χ3n) is 3.93. The number of aromatic nitrogens is 3. The second-order valence-corrected chi connectivity index (χ2v) is 5.45. The van der Waals surface area contributed by atoms with Gasteiger partial charge in [0, 0.05) is 37.3 Å². The molecule has 1 fully saturated rings. The Morgan fingerprint density at radius 3 is 3.14 bits per heavy atom. The predicted molar refractivity (Wildman–Crippen MR) is 80.6 cm³/mol. The maximum Gasteiger partial charge on any atom is 0.267 e. The van der Waals surface area contributed by atoms with Crippen LogP contribution < -0.4 is 10.6 Å². The Bertz CT molecular complexity index is 669. The Morgan fingerprint density at radius 1 is 1.55 bits per heavy atom. The summed E-state index contributed by atoms with van der Waals surface area (Å²) in [4.78, 5) is 21.9. The molecular weight excluding hydrogens is 282 g/mol. The van der Waals surface area contributed by atoms with E-state index in [-0.39, 0.29) is 11.6 Å². The predicted octanol–water partition coefficient (Wildman–Crippen LogP) is 1.51. The summed E-state index contributed by atoms with van der Waals surface area (Å²) >= 11 is 0. The minimum absolute atomic E-state index is 0.239. The molecule has 1 amide bonds. The largest absolute Gasteiger partial charge is 0.371 e. The van der Waals surface area contributed by atoms with Gasteiger partial charge in [-0.05, 0) is 25.0 Å². The molecule has 3 heterocycles. The molecule has 2 N–H and O–H groups in total. The summed E-state index contributed by atoms with van der Waals surface area (Å²) in [6, 6.07) is 3.63. The first-order valence-electron chi connectivity index (χ1n) is 7.50. The summed E-state index contributed by atoms with van der Waals surface area (Å²) in [6.45, 7) is 3.72. The van der Waals surface area contributed by atoms with E-state index in [0.717, 1.165) is 43.9 Å². The van der Waals surface area contributed by atoms with Gasteiger partial charge in [-0.25, -0.2) is 0 Å². The molecule has 2 aromatic rings. The van der Waals surface area contributed by atoms with Crippen molar-refractivity contribution in [2.24, 2.45) is 5.73 Å². The van der Waals surface area contributed by atoms with Gasteiger partial charge in [-0.2, -0.15) is 4.98 Å². The SMILES string of the molecule is CCc1nc(C2CCCN(c3ccnc(C(N)=O)c3)C2)no1. The lowest BCUT2D eigenvalue weighted by Gasteiger charge is -2.33. The Labute approximate surface area is 128 Å². The van der Waals surface area contributed by atoms with Gasteiger partial charge in [0.2, 0.25) is 5.89 Å². The van der Waals surface area contributed by atoms with Crippen LogP contribution in [0.5, 0.6) is 0 Å². The minimum Gasteiger partial charge on any atom is -0.371 e. The van der Waals surface area contributed by atoms with Crippen molar-refractivity contribution in [3.05, 3.63) is 35.7 Å². The van der Waals surface area contributed by atoms with E-state index in [9.17, 15) is 4.79 Å². The highest BCUT2D eigenvalue weighted by Gasteiger charge is 2.25. The first-order chi connectivity index (χ1) is 10.7. The molecule has 0 radical (unpaired) electrons. The third kappa shape index (κ3) is 2.93. The molecule has 0 aromatic carbocycles. The minimum atomic E-state index is -0.513. The molecule has 0 spiro atoms. The molecular formula is C15H19N5O2. The fraction of sp³-hybridized carbons (Fsp3) is 0.467. The first kappa shape index (κ1) is 14.5. The van der Waals surface area contributed by atoms with E-state index in [1.165, 1.54) is 0 Å². The quantitative estimate of drug-likeness (QED) is 0.919. The van der Waals surface area contributed by atoms with Crippen molar-refractivity contribution in [3.63, 3.8) is 0 Å². The van der Waals surface area contributed by atoms with Crippen LogP contribution >= 0.6 is 0 Å². The molecule has 7 heteroatoms. The number of pyridine rings is 1. The molecule has 0 bridgehead atoms. The topological polar surface area (TPSA) is 98.1 Å².